The summed E-state index contributed by atoms with van der Waals surface area (Å²) in [7, 11) is 1.87. The van der Waals surface area contributed by atoms with E-state index in [0.717, 1.165) is 48.4 Å². The molecule has 0 spiro atoms. The first kappa shape index (κ1) is 15.8. The minimum Gasteiger partial charge on any atom is -0.334 e. The van der Waals surface area contributed by atoms with Crippen molar-refractivity contribution in [3.63, 3.8) is 0 Å². The van der Waals surface area contributed by atoms with Crippen LogP contribution in [-0.2, 0) is 13.6 Å². The topological polar surface area (TPSA) is 68.8 Å². The molecule has 3 aromatic heterocycles. The van der Waals surface area contributed by atoms with Crippen molar-refractivity contribution in [1.29, 1.82) is 0 Å². The second-order valence-corrected chi connectivity index (χ2v) is 6.74. The maximum Gasteiger partial charge on any atom is 0.255 e. The van der Waals surface area contributed by atoms with Gasteiger partial charge < -0.3 is 4.90 Å². The van der Waals surface area contributed by atoms with Gasteiger partial charge in [-0.05, 0) is 38.8 Å². The molecule has 4 heterocycles. The first-order chi connectivity index (χ1) is 12.0. The Kier molecular flexibility index (Phi) is 3.78. The molecule has 7 nitrogen and oxygen atoms in total. The SMILES string of the molecule is Cc1cc(C(=O)N2CCCC2Cn2cccn2)c2c(C)nn(C)c2n1. The number of rotatable bonds is 3. The molecule has 0 saturated carbocycles. The molecule has 4 rings (SSSR count). The quantitative estimate of drug-likeness (QED) is 0.733. The maximum atomic E-state index is 13.3. The molecule has 0 aliphatic carbocycles. The number of carbonyl (C=O) groups is 1. The van der Waals surface area contributed by atoms with Crippen LogP contribution in [-0.4, -0.2) is 47.9 Å². The Morgan fingerprint density at radius 2 is 2.20 bits per heavy atom. The van der Waals surface area contributed by atoms with Crippen LogP contribution in [0, 0.1) is 13.8 Å². The Labute approximate surface area is 146 Å². The second kappa shape index (κ2) is 5.98. The van der Waals surface area contributed by atoms with Gasteiger partial charge >= 0.3 is 0 Å². The van der Waals surface area contributed by atoms with Crippen molar-refractivity contribution in [2.24, 2.45) is 7.05 Å². The molecule has 1 saturated heterocycles. The number of carbonyl (C=O) groups excluding carboxylic acids is 1. The predicted octanol–water partition coefficient (Wildman–Crippen LogP) is 2.09. The van der Waals surface area contributed by atoms with Gasteiger partial charge in [-0.2, -0.15) is 10.2 Å². The molecule has 1 unspecified atom stereocenters. The molecule has 130 valence electrons. The van der Waals surface area contributed by atoms with Gasteiger partial charge in [0.15, 0.2) is 5.65 Å². The van der Waals surface area contributed by atoms with Crippen molar-refractivity contribution in [3.8, 4) is 0 Å². The Balaban J connectivity index is 1.72. The average Bonchev–Trinajstić information content (AvgIpc) is 3.30. The van der Waals surface area contributed by atoms with Crippen molar-refractivity contribution >= 4 is 16.9 Å². The molecule has 1 atom stereocenters. The van der Waals surface area contributed by atoms with Crippen LogP contribution in [0.2, 0.25) is 0 Å². The number of pyridine rings is 1. The van der Waals surface area contributed by atoms with Gasteiger partial charge in [0.1, 0.15) is 0 Å². The number of aryl methyl sites for hydroxylation is 3. The van der Waals surface area contributed by atoms with Crippen molar-refractivity contribution in [1.82, 2.24) is 29.4 Å². The van der Waals surface area contributed by atoms with E-state index in [0.29, 0.717) is 5.56 Å². The minimum absolute atomic E-state index is 0.0706. The second-order valence-electron chi connectivity index (χ2n) is 6.74. The van der Waals surface area contributed by atoms with Crippen LogP contribution in [0.15, 0.2) is 24.5 Å². The van der Waals surface area contributed by atoms with Crippen molar-refractivity contribution in [3.05, 3.63) is 41.5 Å². The fourth-order valence-electron chi connectivity index (χ4n) is 3.81. The Morgan fingerprint density at radius 3 is 2.96 bits per heavy atom. The summed E-state index contributed by atoms with van der Waals surface area (Å²) in [4.78, 5) is 19.9. The number of aromatic nitrogens is 5. The number of amides is 1. The van der Waals surface area contributed by atoms with Crippen LogP contribution in [0.25, 0.3) is 11.0 Å². The van der Waals surface area contributed by atoms with Crippen LogP contribution in [0.1, 0.15) is 34.6 Å². The van der Waals surface area contributed by atoms with E-state index in [4.69, 9.17) is 0 Å². The third-order valence-corrected chi connectivity index (χ3v) is 4.92. The van der Waals surface area contributed by atoms with Gasteiger partial charge in [0.25, 0.3) is 5.91 Å². The molecule has 0 radical (unpaired) electrons. The van der Waals surface area contributed by atoms with Crippen LogP contribution in [0.3, 0.4) is 0 Å². The lowest BCUT2D eigenvalue weighted by atomic mass is 10.1. The first-order valence-electron chi connectivity index (χ1n) is 8.64. The van der Waals surface area contributed by atoms with Crippen molar-refractivity contribution in [2.45, 2.75) is 39.3 Å². The summed E-state index contributed by atoms with van der Waals surface area (Å²) in [6.07, 6.45) is 5.75. The molecule has 1 fully saturated rings. The van der Waals surface area contributed by atoms with Gasteiger partial charge in [0, 0.05) is 31.7 Å². The standard InChI is InChI=1S/C18H22N6O/c1-12-10-15(16-13(2)21-22(3)17(16)20-12)18(25)24-9-4-6-14(24)11-23-8-5-7-19-23/h5,7-8,10,14H,4,6,9,11H2,1-3H3. The van der Waals surface area contributed by atoms with Gasteiger partial charge in [0.2, 0.25) is 0 Å². The highest BCUT2D eigenvalue weighted by Crippen LogP contribution is 2.27. The summed E-state index contributed by atoms with van der Waals surface area (Å²) in [5.74, 6) is 0.0706. The van der Waals surface area contributed by atoms with E-state index < -0.39 is 0 Å². The number of fused-ring (bicyclic) bond motifs is 1. The van der Waals surface area contributed by atoms with Crippen molar-refractivity contribution < 1.29 is 4.79 Å². The summed E-state index contributed by atoms with van der Waals surface area (Å²) in [5, 5.41) is 9.60. The maximum absolute atomic E-state index is 13.3. The van der Waals surface area contributed by atoms with E-state index >= 15 is 0 Å². The molecule has 1 aliphatic heterocycles. The summed E-state index contributed by atoms with van der Waals surface area (Å²) >= 11 is 0. The van der Waals surface area contributed by atoms with Crippen LogP contribution >= 0.6 is 0 Å². The third-order valence-electron chi connectivity index (χ3n) is 4.92. The Bertz CT molecular complexity index is 927. The fraction of sp³-hybridized carbons (Fsp3) is 0.444. The third kappa shape index (κ3) is 2.69. The molecule has 3 aromatic rings. The van der Waals surface area contributed by atoms with Crippen LogP contribution < -0.4 is 0 Å². The number of hydrogen-bond acceptors (Lipinski definition) is 4. The van der Waals surface area contributed by atoms with Gasteiger partial charge in [-0.15, -0.1) is 0 Å². The normalized spacial score (nSPS) is 17.6. The van der Waals surface area contributed by atoms with Gasteiger partial charge in [0.05, 0.1) is 29.2 Å². The fourth-order valence-corrected chi connectivity index (χ4v) is 3.81. The molecule has 0 N–H and O–H groups in total. The van der Waals surface area contributed by atoms with Gasteiger partial charge in [-0.25, -0.2) is 4.98 Å². The molecule has 0 bridgehead atoms. The highest BCUT2D eigenvalue weighted by Gasteiger charge is 2.31. The zero-order valence-corrected chi connectivity index (χ0v) is 14.8. The number of hydrogen-bond donors (Lipinski definition) is 0. The zero-order valence-electron chi connectivity index (χ0n) is 14.8. The Hall–Kier alpha value is -2.70. The lowest BCUT2D eigenvalue weighted by molar-refractivity contribution is 0.0723. The van der Waals surface area contributed by atoms with Gasteiger partial charge in [-0.3, -0.25) is 14.2 Å². The molecular formula is C18H22N6O. The number of nitrogens with zero attached hydrogens (tertiary/aromatic N) is 6. The van der Waals surface area contributed by atoms with E-state index in [1.54, 1.807) is 10.9 Å². The van der Waals surface area contributed by atoms with Crippen LogP contribution in [0.5, 0.6) is 0 Å². The van der Waals surface area contributed by atoms with E-state index in [1.807, 2.05) is 48.8 Å². The largest absolute Gasteiger partial charge is 0.334 e. The number of likely N-dealkylation sites (tertiary alicyclic amines) is 1. The van der Waals surface area contributed by atoms with E-state index in [2.05, 4.69) is 15.2 Å². The summed E-state index contributed by atoms with van der Waals surface area (Å²) < 4.78 is 3.65. The Morgan fingerprint density at radius 1 is 1.36 bits per heavy atom. The highest BCUT2D eigenvalue weighted by atomic mass is 16.2. The lowest BCUT2D eigenvalue weighted by Gasteiger charge is -2.25. The van der Waals surface area contributed by atoms with Gasteiger partial charge in [-0.1, -0.05) is 0 Å². The zero-order chi connectivity index (χ0) is 17.6. The molecule has 7 heteroatoms. The molecule has 25 heavy (non-hydrogen) atoms. The predicted molar refractivity (Wildman–Crippen MR) is 94.3 cm³/mol. The first-order valence-corrected chi connectivity index (χ1v) is 8.64. The average molecular weight is 338 g/mol. The monoisotopic (exact) mass is 338 g/mol. The highest BCUT2D eigenvalue weighted by molar-refractivity contribution is 6.06. The molecular weight excluding hydrogens is 316 g/mol. The minimum atomic E-state index is 0.0706. The summed E-state index contributed by atoms with van der Waals surface area (Å²) in [5.41, 5.74) is 3.15. The molecule has 0 aromatic carbocycles. The van der Waals surface area contributed by atoms with E-state index in [9.17, 15) is 4.79 Å². The molecule has 1 aliphatic rings. The van der Waals surface area contributed by atoms with Crippen LogP contribution in [0.4, 0.5) is 0 Å². The van der Waals surface area contributed by atoms with E-state index in [-0.39, 0.29) is 11.9 Å². The lowest BCUT2D eigenvalue weighted by Crippen LogP contribution is -2.38. The van der Waals surface area contributed by atoms with E-state index in [1.165, 1.54) is 0 Å². The van der Waals surface area contributed by atoms with Crippen molar-refractivity contribution in [2.75, 3.05) is 6.54 Å². The summed E-state index contributed by atoms with van der Waals surface area (Å²) in [6.45, 7) is 5.37. The molecule has 1 amide bonds. The smallest absolute Gasteiger partial charge is 0.255 e. The summed E-state index contributed by atoms with van der Waals surface area (Å²) in [6, 6.07) is 3.98.